The van der Waals surface area contributed by atoms with Gasteiger partial charge in [-0.05, 0) is 60.0 Å². The number of carbonyl (C=O) groups excluding carboxylic acids is 2. The fourth-order valence-corrected chi connectivity index (χ4v) is 4.21. The van der Waals surface area contributed by atoms with E-state index in [9.17, 15) is 9.59 Å². The van der Waals surface area contributed by atoms with Gasteiger partial charge in [-0.15, -0.1) is 0 Å². The minimum atomic E-state index is -0.534. The van der Waals surface area contributed by atoms with Crippen molar-refractivity contribution in [1.29, 1.82) is 0 Å². The highest BCUT2D eigenvalue weighted by molar-refractivity contribution is 6.62. The molecule has 33 heavy (non-hydrogen) atoms. The number of nitrogens with zero attached hydrogens (tertiary/aromatic N) is 2. The van der Waals surface area contributed by atoms with Gasteiger partial charge in [-0.1, -0.05) is 12.1 Å². The van der Waals surface area contributed by atoms with E-state index in [0.717, 1.165) is 11.0 Å². The van der Waals surface area contributed by atoms with E-state index in [-0.39, 0.29) is 17.9 Å². The van der Waals surface area contributed by atoms with Crippen molar-refractivity contribution in [3.63, 3.8) is 0 Å². The van der Waals surface area contributed by atoms with Gasteiger partial charge in [-0.3, -0.25) is 4.79 Å². The van der Waals surface area contributed by atoms with Crippen LogP contribution >= 0.6 is 0 Å². The Morgan fingerprint density at radius 2 is 1.58 bits per heavy atom. The van der Waals surface area contributed by atoms with Crippen molar-refractivity contribution in [3.05, 3.63) is 23.8 Å². The van der Waals surface area contributed by atoms with E-state index < -0.39 is 23.9 Å². The maximum Gasteiger partial charge on any atom is 0.494 e. The molecule has 1 unspecified atom stereocenters. The second-order valence-corrected chi connectivity index (χ2v) is 11.0. The molecule has 9 heteroatoms. The fraction of sp³-hybridized carbons (Fsp3) is 0.667. The summed E-state index contributed by atoms with van der Waals surface area (Å²) in [6.45, 7) is 15.8. The van der Waals surface area contributed by atoms with Gasteiger partial charge in [-0.2, -0.15) is 0 Å². The summed E-state index contributed by atoms with van der Waals surface area (Å²) in [5, 5.41) is 0. The smallest absolute Gasteiger partial charge is 0.492 e. The van der Waals surface area contributed by atoms with Gasteiger partial charge in [0.2, 0.25) is 5.91 Å². The van der Waals surface area contributed by atoms with E-state index >= 15 is 0 Å². The molecular formula is C24H35BN2O6. The predicted octanol–water partition coefficient (Wildman–Crippen LogP) is 2.54. The Balaban J connectivity index is 1.39. The van der Waals surface area contributed by atoms with Crippen molar-refractivity contribution in [3.8, 4) is 5.75 Å². The normalized spacial score (nSPS) is 23.8. The third-order valence-electron chi connectivity index (χ3n) is 6.89. The molecule has 2 fully saturated rings. The van der Waals surface area contributed by atoms with Crippen LogP contribution in [-0.4, -0.2) is 78.5 Å². The SMILES string of the molecule is CC(C)(C)OC(=O)N1CCN(C(=O)C2COc3cc(B4OC(C)(C)C(C)(C)O4)ccc32)CC1. The summed E-state index contributed by atoms with van der Waals surface area (Å²) in [6.07, 6.45) is -0.334. The molecule has 4 rings (SSSR count). The molecule has 0 N–H and O–H groups in total. The van der Waals surface area contributed by atoms with Crippen molar-refractivity contribution in [2.45, 2.75) is 71.2 Å². The van der Waals surface area contributed by atoms with Gasteiger partial charge < -0.3 is 28.6 Å². The number of rotatable bonds is 2. The van der Waals surface area contributed by atoms with Crippen molar-refractivity contribution in [2.75, 3.05) is 32.8 Å². The summed E-state index contributed by atoms with van der Waals surface area (Å²) in [6, 6.07) is 5.82. The van der Waals surface area contributed by atoms with E-state index in [0.29, 0.717) is 38.5 Å². The van der Waals surface area contributed by atoms with E-state index in [1.807, 2.05) is 71.6 Å². The first kappa shape index (κ1) is 23.9. The third-order valence-corrected chi connectivity index (χ3v) is 6.89. The quantitative estimate of drug-likeness (QED) is 0.634. The molecule has 8 nitrogen and oxygen atoms in total. The highest BCUT2D eigenvalue weighted by atomic mass is 16.7. The van der Waals surface area contributed by atoms with Gasteiger partial charge in [-0.25, -0.2) is 4.79 Å². The molecule has 1 aromatic carbocycles. The zero-order valence-corrected chi connectivity index (χ0v) is 20.8. The van der Waals surface area contributed by atoms with Gasteiger partial charge in [0.25, 0.3) is 0 Å². The van der Waals surface area contributed by atoms with Crippen LogP contribution in [0.5, 0.6) is 5.75 Å². The van der Waals surface area contributed by atoms with Crippen LogP contribution in [0, 0.1) is 0 Å². The van der Waals surface area contributed by atoms with Crippen LogP contribution in [-0.2, 0) is 18.8 Å². The molecule has 1 aromatic rings. The molecule has 1 atom stereocenters. The molecule has 0 aliphatic carbocycles. The van der Waals surface area contributed by atoms with Crippen LogP contribution < -0.4 is 10.2 Å². The van der Waals surface area contributed by atoms with E-state index in [1.54, 1.807) is 4.90 Å². The monoisotopic (exact) mass is 458 g/mol. The van der Waals surface area contributed by atoms with E-state index in [2.05, 4.69) is 0 Å². The Morgan fingerprint density at radius 3 is 2.15 bits per heavy atom. The molecule has 2 saturated heterocycles. The Morgan fingerprint density at radius 1 is 1.00 bits per heavy atom. The highest BCUT2D eigenvalue weighted by Crippen LogP contribution is 2.38. The molecule has 2 amide bonds. The number of hydrogen-bond donors (Lipinski definition) is 0. The molecule has 3 aliphatic heterocycles. The molecule has 0 bridgehead atoms. The fourth-order valence-electron chi connectivity index (χ4n) is 4.21. The summed E-state index contributed by atoms with van der Waals surface area (Å²) >= 11 is 0. The first-order valence-electron chi connectivity index (χ1n) is 11.7. The van der Waals surface area contributed by atoms with E-state index in [4.69, 9.17) is 18.8 Å². The standard InChI is InChI=1S/C24H35BN2O6/c1-22(2,3)31-21(29)27-12-10-26(11-13-27)20(28)18-15-30-19-14-16(8-9-17(18)19)25-32-23(4,5)24(6,7)33-25/h8-9,14,18H,10-13,15H2,1-7H3. The summed E-state index contributed by atoms with van der Waals surface area (Å²) < 4.78 is 23.6. The highest BCUT2D eigenvalue weighted by Gasteiger charge is 2.52. The number of hydrogen-bond acceptors (Lipinski definition) is 6. The van der Waals surface area contributed by atoms with Crippen LogP contribution in [0.25, 0.3) is 0 Å². The van der Waals surface area contributed by atoms with Crippen molar-refractivity contribution in [2.24, 2.45) is 0 Å². The zero-order valence-electron chi connectivity index (χ0n) is 20.8. The van der Waals surface area contributed by atoms with E-state index in [1.165, 1.54) is 0 Å². The second kappa shape index (κ2) is 8.20. The Labute approximate surface area is 196 Å². The molecule has 180 valence electrons. The Kier molecular flexibility index (Phi) is 5.94. The molecule has 3 aliphatic rings. The largest absolute Gasteiger partial charge is 0.494 e. The number of piperazine rings is 1. The first-order chi connectivity index (χ1) is 15.3. The minimum absolute atomic E-state index is 0.0287. The molecule has 0 aromatic heterocycles. The predicted molar refractivity (Wildman–Crippen MR) is 125 cm³/mol. The van der Waals surface area contributed by atoms with Gasteiger partial charge in [0.15, 0.2) is 0 Å². The zero-order chi connectivity index (χ0) is 24.2. The third kappa shape index (κ3) is 4.71. The second-order valence-electron chi connectivity index (χ2n) is 11.0. The molecule has 3 heterocycles. The van der Waals surface area contributed by atoms with Gasteiger partial charge in [0.1, 0.15) is 23.9 Å². The minimum Gasteiger partial charge on any atom is -0.492 e. The summed E-state index contributed by atoms with van der Waals surface area (Å²) in [7, 11) is -0.473. The molecule has 0 radical (unpaired) electrons. The average Bonchev–Trinajstić information content (AvgIpc) is 3.23. The average molecular weight is 458 g/mol. The van der Waals surface area contributed by atoms with Crippen LogP contribution in [0.1, 0.15) is 59.9 Å². The maximum atomic E-state index is 13.2. The number of benzene rings is 1. The van der Waals surface area contributed by atoms with Crippen LogP contribution in [0.3, 0.4) is 0 Å². The lowest BCUT2D eigenvalue weighted by Crippen LogP contribution is -2.52. The Bertz CT molecular complexity index is 917. The van der Waals surface area contributed by atoms with Crippen LogP contribution in [0.4, 0.5) is 4.79 Å². The lowest BCUT2D eigenvalue weighted by molar-refractivity contribution is -0.134. The molecular weight excluding hydrogens is 423 g/mol. The summed E-state index contributed by atoms with van der Waals surface area (Å²) in [5.41, 5.74) is 0.393. The number of ether oxygens (including phenoxy) is 2. The number of fused-ring (bicyclic) bond motifs is 1. The lowest BCUT2D eigenvalue weighted by Gasteiger charge is -2.36. The van der Waals surface area contributed by atoms with Gasteiger partial charge in [0, 0.05) is 31.7 Å². The number of carbonyl (C=O) groups is 2. The summed E-state index contributed by atoms with van der Waals surface area (Å²) in [4.78, 5) is 29.0. The first-order valence-corrected chi connectivity index (χ1v) is 11.7. The summed E-state index contributed by atoms with van der Waals surface area (Å²) in [5.74, 6) is 0.384. The Hall–Kier alpha value is -2.26. The topological polar surface area (TPSA) is 77.5 Å². The maximum absolute atomic E-state index is 13.2. The van der Waals surface area contributed by atoms with Crippen LogP contribution in [0.2, 0.25) is 0 Å². The van der Waals surface area contributed by atoms with Crippen molar-refractivity contribution in [1.82, 2.24) is 9.80 Å². The van der Waals surface area contributed by atoms with Gasteiger partial charge >= 0.3 is 13.2 Å². The van der Waals surface area contributed by atoms with Gasteiger partial charge in [0.05, 0.1) is 11.2 Å². The van der Waals surface area contributed by atoms with Crippen LogP contribution in [0.15, 0.2) is 18.2 Å². The van der Waals surface area contributed by atoms with Crippen molar-refractivity contribution >= 4 is 24.6 Å². The molecule has 0 spiro atoms. The number of amides is 2. The van der Waals surface area contributed by atoms with Crippen molar-refractivity contribution < 1.29 is 28.4 Å². The lowest BCUT2D eigenvalue weighted by atomic mass is 9.78. The molecule has 0 saturated carbocycles.